The maximum atomic E-state index is 13.2. The summed E-state index contributed by atoms with van der Waals surface area (Å²) >= 11 is 0. The third-order valence-corrected chi connectivity index (χ3v) is 6.43. The lowest BCUT2D eigenvalue weighted by Crippen LogP contribution is -2.46. The molecule has 1 aliphatic rings. The lowest BCUT2D eigenvalue weighted by Gasteiger charge is -2.33. The minimum Gasteiger partial charge on any atom is -0.317 e. The Morgan fingerprint density at radius 2 is 1.88 bits per heavy atom. The van der Waals surface area contributed by atoms with Gasteiger partial charge >= 0.3 is 5.69 Å². The molecule has 0 atom stereocenters. The molecule has 0 spiro atoms. The smallest absolute Gasteiger partial charge is 0.317 e. The Morgan fingerprint density at radius 1 is 1.16 bits per heavy atom. The number of rotatable bonds is 5. The van der Waals surface area contributed by atoms with Crippen LogP contribution in [0.4, 0.5) is 0 Å². The topological polar surface area (TPSA) is 115 Å². The van der Waals surface area contributed by atoms with Crippen LogP contribution in [0.3, 0.4) is 0 Å². The molecule has 2 aromatic rings. The molecule has 8 nitrogen and oxygen atoms in total. The summed E-state index contributed by atoms with van der Waals surface area (Å²) in [5, 5.41) is 3.39. The fourth-order valence-electron chi connectivity index (χ4n) is 3.25. The van der Waals surface area contributed by atoms with Gasteiger partial charge in [0.2, 0.25) is 10.0 Å². The molecule has 0 amide bonds. The molecule has 1 aromatic carbocycles. The average Bonchev–Trinajstić information content (AvgIpc) is 2.59. The number of aromatic nitrogens is 2. The van der Waals surface area contributed by atoms with Gasteiger partial charge < -0.3 is 10.3 Å². The molecule has 1 aromatic heterocycles. The van der Waals surface area contributed by atoms with E-state index in [2.05, 4.69) is 15.3 Å². The first-order valence-corrected chi connectivity index (χ1v) is 9.86. The van der Waals surface area contributed by atoms with Crippen molar-refractivity contribution in [3.63, 3.8) is 0 Å². The molecule has 1 aliphatic heterocycles. The van der Waals surface area contributed by atoms with Gasteiger partial charge in [-0.2, -0.15) is 4.31 Å². The van der Waals surface area contributed by atoms with Gasteiger partial charge in [-0.25, -0.2) is 13.2 Å². The van der Waals surface area contributed by atoms with Crippen LogP contribution in [-0.2, 0) is 10.0 Å². The van der Waals surface area contributed by atoms with Gasteiger partial charge in [0.25, 0.3) is 5.56 Å². The van der Waals surface area contributed by atoms with E-state index in [1.807, 2.05) is 6.92 Å². The first-order chi connectivity index (χ1) is 11.9. The van der Waals surface area contributed by atoms with E-state index in [4.69, 9.17) is 0 Å². The number of nitrogens with zero attached hydrogens (tertiary/aromatic N) is 1. The largest absolute Gasteiger partial charge is 0.326 e. The fraction of sp³-hybridized carbons (Fsp3) is 0.500. The number of aromatic amines is 2. The normalized spacial score (nSPS) is 16.6. The Bertz CT molecular complexity index is 974. The van der Waals surface area contributed by atoms with E-state index in [-0.39, 0.29) is 16.3 Å². The molecule has 136 valence electrons. The van der Waals surface area contributed by atoms with Gasteiger partial charge in [-0.05, 0) is 50.6 Å². The summed E-state index contributed by atoms with van der Waals surface area (Å²) in [7, 11) is -3.72. The van der Waals surface area contributed by atoms with Crippen molar-refractivity contribution in [1.29, 1.82) is 0 Å². The van der Waals surface area contributed by atoms with Crippen molar-refractivity contribution in [3.8, 4) is 0 Å². The van der Waals surface area contributed by atoms with Gasteiger partial charge in [0.05, 0.1) is 15.8 Å². The molecule has 0 bridgehead atoms. The van der Waals surface area contributed by atoms with Crippen LogP contribution >= 0.6 is 0 Å². The van der Waals surface area contributed by atoms with Crippen LogP contribution < -0.4 is 16.6 Å². The molecule has 3 N–H and O–H groups in total. The van der Waals surface area contributed by atoms with Crippen LogP contribution in [-0.4, -0.2) is 48.4 Å². The van der Waals surface area contributed by atoms with Gasteiger partial charge in [-0.1, -0.05) is 6.92 Å². The van der Waals surface area contributed by atoms with Gasteiger partial charge in [-0.15, -0.1) is 0 Å². The van der Waals surface area contributed by atoms with Crippen molar-refractivity contribution in [2.45, 2.75) is 37.1 Å². The van der Waals surface area contributed by atoms with Crippen LogP contribution in [0.1, 0.15) is 26.2 Å². The summed E-state index contributed by atoms with van der Waals surface area (Å²) in [4.78, 5) is 28.0. The first-order valence-electron chi connectivity index (χ1n) is 8.42. The molecule has 2 heterocycles. The quantitative estimate of drug-likeness (QED) is 0.707. The second kappa shape index (κ2) is 7.11. The summed E-state index contributed by atoms with van der Waals surface area (Å²) < 4.78 is 27.9. The number of sulfonamides is 1. The van der Waals surface area contributed by atoms with Crippen LogP contribution in [0.2, 0.25) is 0 Å². The number of fused-ring (bicyclic) bond motifs is 1. The number of hydrogen-bond acceptors (Lipinski definition) is 5. The van der Waals surface area contributed by atoms with E-state index in [9.17, 15) is 18.0 Å². The van der Waals surface area contributed by atoms with E-state index in [0.717, 1.165) is 25.9 Å². The summed E-state index contributed by atoms with van der Waals surface area (Å²) in [6.45, 7) is 3.96. The van der Waals surface area contributed by atoms with E-state index in [1.54, 1.807) is 4.31 Å². The fourth-order valence-corrected chi connectivity index (χ4v) is 5.06. The van der Waals surface area contributed by atoms with Crippen molar-refractivity contribution in [2.75, 3.05) is 19.6 Å². The van der Waals surface area contributed by atoms with E-state index in [0.29, 0.717) is 18.5 Å². The summed E-state index contributed by atoms with van der Waals surface area (Å²) in [6, 6.07) is 4.20. The minimum absolute atomic E-state index is 0.0456. The van der Waals surface area contributed by atoms with Gasteiger partial charge in [0.1, 0.15) is 0 Å². The first kappa shape index (κ1) is 17.8. The number of nitrogens with one attached hydrogen (secondary N) is 3. The van der Waals surface area contributed by atoms with Crippen molar-refractivity contribution < 1.29 is 8.42 Å². The highest BCUT2D eigenvalue weighted by molar-refractivity contribution is 7.89. The lowest BCUT2D eigenvalue weighted by atomic mass is 10.1. The number of piperidine rings is 1. The molecule has 9 heteroatoms. The molecule has 1 fully saturated rings. The third kappa shape index (κ3) is 3.53. The Labute approximate surface area is 145 Å². The highest BCUT2D eigenvalue weighted by atomic mass is 32.2. The summed E-state index contributed by atoms with van der Waals surface area (Å²) in [5.74, 6) is 0. The van der Waals surface area contributed by atoms with Crippen LogP contribution in [0, 0.1) is 0 Å². The predicted molar refractivity (Wildman–Crippen MR) is 95.3 cm³/mol. The average molecular weight is 366 g/mol. The molecule has 0 saturated carbocycles. The molecule has 0 unspecified atom stereocenters. The SMILES string of the molecule is CCCN(C1CCNCC1)S(=O)(=O)c1ccc2[nH]c(=O)[nH]c(=O)c2c1. The molecule has 3 rings (SSSR count). The molecule has 0 aliphatic carbocycles. The lowest BCUT2D eigenvalue weighted by molar-refractivity contribution is 0.262. The molecule has 25 heavy (non-hydrogen) atoms. The Balaban J connectivity index is 2.06. The zero-order chi connectivity index (χ0) is 18.0. The van der Waals surface area contributed by atoms with Gasteiger partial charge in [0, 0.05) is 12.6 Å². The van der Waals surface area contributed by atoms with Crippen LogP contribution in [0.15, 0.2) is 32.7 Å². The number of H-pyrrole nitrogens is 2. The van der Waals surface area contributed by atoms with Crippen LogP contribution in [0.5, 0.6) is 0 Å². The predicted octanol–water partition coefficient (Wildman–Crippen LogP) is 0.369. The highest BCUT2D eigenvalue weighted by Crippen LogP contribution is 2.24. The second-order valence-electron chi connectivity index (χ2n) is 6.21. The molecular formula is C16H22N4O4S. The maximum Gasteiger partial charge on any atom is 0.326 e. The zero-order valence-electron chi connectivity index (χ0n) is 14.0. The third-order valence-electron chi connectivity index (χ3n) is 4.48. The summed E-state index contributed by atoms with van der Waals surface area (Å²) in [5.41, 5.74) is -0.897. The van der Waals surface area contributed by atoms with Crippen molar-refractivity contribution in [3.05, 3.63) is 39.0 Å². The maximum absolute atomic E-state index is 13.2. The van der Waals surface area contributed by atoms with E-state index >= 15 is 0 Å². The number of benzene rings is 1. The van der Waals surface area contributed by atoms with Crippen molar-refractivity contribution >= 4 is 20.9 Å². The van der Waals surface area contributed by atoms with Gasteiger partial charge in [0.15, 0.2) is 0 Å². The number of hydrogen-bond donors (Lipinski definition) is 3. The van der Waals surface area contributed by atoms with Crippen LogP contribution in [0.25, 0.3) is 10.9 Å². The molecule has 0 radical (unpaired) electrons. The Hall–Kier alpha value is -1.97. The Morgan fingerprint density at radius 3 is 2.56 bits per heavy atom. The van der Waals surface area contributed by atoms with Crippen molar-refractivity contribution in [1.82, 2.24) is 19.6 Å². The van der Waals surface area contributed by atoms with E-state index < -0.39 is 21.3 Å². The monoisotopic (exact) mass is 366 g/mol. The second-order valence-corrected chi connectivity index (χ2v) is 8.10. The van der Waals surface area contributed by atoms with Crippen molar-refractivity contribution in [2.24, 2.45) is 0 Å². The zero-order valence-corrected chi connectivity index (χ0v) is 14.9. The minimum atomic E-state index is -3.72. The Kier molecular flexibility index (Phi) is 5.07. The summed E-state index contributed by atoms with van der Waals surface area (Å²) in [6.07, 6.45) is 2.24. The van der Waals surface area contributed by atoms with E-state index in [1.165, 1.54) is 18.2 Å². The standard InChI is InChI=1S/C16H22N4O4S/c1-2-9-20(11-5-7-17-8-6-11)25(23,24)12-3-4-14-13(10-12)15(21)19-16(22)18-14/h3-4,10-11,17H,2,5-9H2,1H3,(H2,18,19,21,22). The van der Waals surface area contributed by atoms with Gasteiger partial charge in [-0.3, -0.25) is 9.78 Å². The highest BCUT2D eigenvalue weighted by Gasteiger charge is 2.31. The molecule has 1 saturated heterocycles. The molecular weight excluding hydrogens is 344 g/mol.